The standard InChI is InChI=1S/C17H19Cl2FN4O3/c1-17(2,3)24(16(25)26)7-8-27-12-6-4-5-11(20)13(12)22-14-10(18)9-21-15(19)23-14/h4-6,9H,7-8H2,1-3H3,(H,25,26)(H,21,22,23). The lowest BCUT2D eigenvalue weighted by atomic mass is 10.1. The molecule has 0 bridgehead atoms. The highest BCUT2D eigenvalue weighted by molar-refractivity contribution is 6.33. The number of carbonyl (C=O) groups is 1. The van der Waals surface area contributed by atoms with Gasteiger partial charge in [-0.25, -0.2) is 14.2 Å². The molecule has 7 nitrogen and oxygen atoms in total. The van der Waals surface area contributed by atoms with Crippen LogP contribution in [-0.4, -0.2) is 44.8 Å². The lowest BCUT2D eigenvalue weighted by molar-refractivity contribution is 0.0892. The van der Waals surface area contributed by atoms with E-state index in [9.17, 15) is 14.3 Å². The van der Waals surface area contributed by atoms with Crippen molar-refractivity contribution >= 4 is 40.8 Å². The summed E-state index contributed by atoms with van der Waals surface area (Å²) < 4.78 is 19.9. The van der Waals surface area contributed by atoms with E-state index in [2.05, 4.69) is 15.3 Å². The van der Waals surface area contributed by atoms with Crippen LogP contribution in [-0.2, 0) is 0 Å². The van der Waals surface area contributed by atoms with E-state index in [0.717, 1.165) is 0 Å². The molecule has 1 aromatic carbocycles. The predicted octanol–water partition coefficient (Wildman–Crippen LogP) is 4.82. The monoisotopic (exact) mass is 416 g/mol. The second-order valence-electron chi connectivity index (χ2n) is 6.53. The van der Waals surface area contributed by atoms with Crippen molar-refractivity contribution in [2.45, 2.75) is 26.3 Å². The number of para-hydroxylation sites is 1. The van der Waals surface area contributed by atoms with Crippen LogP contribution in [0.15, 0.2) is 24.4 Å². The molecule has 0 aliphatic heterocycles. The predicted molar refractivity (Wildman–Crippen MR) is 102 cm³/mol. The zero-order valence-corrected chi connectivity index (χ0v) is 16.5. The topological polar surface area (TPSA) is 87.6 Å². The van der Waals surface area contributed by atoms with Crippen LogP contribution in [0.2, 0.25) is 10.3 Å². The maximum Gasteiger partial charge on any atom is 0.407 e. The summed E-state index contributed by atoms with van der Waals surface area (Å²) in [5.41, 5.74) is -0.588. The van der Waals surface area contributed by atoms with E-state index in [1.54, 1.807) is 26.8 Å². The second kappa shape index (κ2) is 8.58. The summed E-state index contributed by atoms with van der Waals surface area (Å²) in [6.45, 7) is 5.46. The van der Waals surface area contributed by atoms with Crippen molar-refractivity contribution in [3.63, 3.8) is 0 Å². The van der Waals surface area contributed by atoms with E-state index in [1.807, 2.05) is 0 Å². The van der Waals surface area contributed by atoms with Crippen LogP contribution in [0.5, 0.6) is 5.75 Å². The third kappa shape index (κ3) is 5.58. The second-order valence-corrected chi connectivity index (χ2v) is 7.27. The highest BCUT2D eigenvalue weighted by Crippen LogP contribution is 2.32. The quantitative estimate of drug-likeness (QED) is 0.655. The van der Waals surface area contributed by atoms with Gasteiger partial charge in [0.25, 0.3) is 0 Å². The van der Waals surface area contributed by atoms with E-state index in [0.29, 0.717) is 0 Å². The van der Waals surface area contributed by atoms with Crippen molar-refractivity contribution in [3.8, 4) is 5.75 Å². The number of benzene rings is 1. The maximum absolute atomic E-state index is 14.3. The Labute approximate surface area is 166 Å². The lowest BCUT2D eigenvalue weighted by Crippen LogP contribution is -2.46. The molecule has 0 aliphatic rings. The van der Waals surface area contributed by atoms with Gasteiger partial charge >= 0.3 is 6.09 Å². The fraction of sp³-hybridized carbons (Fsp3) is 0.353. The number of anilines is 2. The zero-order chi connectivity index (χ0) is 20.2. The molecule has 0 saturated carbocycles. The summed E-state index contributed by atoms with van der Waals surface area (Å²) in [5, 5.41) is 12.2. The molecule has 1 aromatic heterocycles. The summed E-state index contributed by atoms with van der Waals surface area (Å²) in [7, 11) is 0. The molecule has 0 fully saturated rings. The van der Waals surface area contributed by atoms with Crippen molar-refractivity contribution in [1.82, 2.24) is 14.9 Å². The van der Waals surface area contributed by atoms with Crippen LogP contribution in [0.25, 0.3) is 0 Å². The van der Waals surface area contributed by atoms with Crippen LogP contribution in [0.3, 0.4) is 0 Å². The first-order chi connectivity index (χ1) is 12.6. The summed E-state index contributed by atoms with van der Waals surface area (Å²) in [4.78, 5) is 20.3. The number of hydrogen-bond donors (Lipinski definition) is 2. The number of ether oxygens (including phenoxy) is 1. The molecule has 2 aromatic rings. The van der Waals surface area contributed by atoms with E-state index in [4.69, 9.17) is 27.9 Å². The Kier molecular flexibility index (Phi) is 6.67. The Morgan fingerprint density at radius 2 is 2.07 bits per heavy atom. The van der Waals surface area contributed by atoms with Gasteiger partial charge in [0.05, 0.1) is 12.7 Å². The first-order valence-corrected chi connectivity index (χ1v) is 8.72. The van der Waals surface area contributed by atoms with Crippen molar-refractivity contribution in [3.05, 3.63) is 40.5 Å². The number of amides is 1. The third-order valence-corrected chi connectivity index (χ3v) is 4.01. The van der Waals surface area contributed by atoms with Gasteiger partial charge in [0.1, 0.15) is 23.1 Å². The Hall–Kier alpha value is -2.32. The molecular weight excluding hydrogens is 398 g/mol. The Bertz CT molecular complexity index is 830. The van der Waals surface area contributed by atoms with Gasteiger partial charge < -0.3 is 20.1 Å². The number of aromatic nitrogens is 2. The van der Waals surface area contributed by atoms with E-state index in [1.165, 1.54) is 23.2 Å². The van der Waals surface area contributed by atoms with Crippen molar-refractivity contribution in [1.29, 1.82) is 0 Å². The summed E-state index contributed by atoms with van der Waals surface area (Å²) in [6, 6.07) is 4.26. The fourth-order valence-electron chi connectivity index (χ4n) is 2.26. The van der Waals surface area contributed by atoms with Gasteiger partial charge in [-0.15, -0.1) is 0 Å². The SMILES string of the molecule is CC(C)(C)N(CCOc1cccc(F)c1Nc1nc(Cl)ncc1Cl)C(=O)O. The molecule has 0 aliphatic carbocycles. The molecule has 27 heavy (non-hydrogen) atoms. The molecule has 0 unspecified atom stereocenters. The van der Waals surface area contributed by atoms with Gasteiger partial charge in [0.2, 0.25) is 5.28 Å². The van der Waals surface area contributed by atoms with Crippen LogP contribution < -0.4 is 10.1 Å². The van der Waals surface area contributed by atoms with Crippen LogP contribution in [0.4, 0.5) is 20.7 Å². The Balaban J connectivity index is 2.18. The molecular formula is C17H19Cl2FN4O3. The van der Waals surface area contributed by atoms with Crippen molar-refractivity contribution < 1.29 is 19.0 Å². The molecule has 0 radical (unpaired) electrons. The minimum Gasteiger partial charge on any atom is -0.489 e. The zero-order valence-electron chi connectivity index (χ0n) is 15.0. The minimum absolute atomic E-state index is 0.00630. The molecule has 0 atom stereocenters. The van der Waals surface area contributed by atoms with Gasteiger partial charge in [-0.05, 0) is 44.5 Å². The van der Waals surface area contributed by atoms with E-state index in [-0.39, 0.29) is 40.7 Å². The first-order valence-electron chi connectivity index (χ1n) is 7.96. The van der Waals surface area contributed by atoms with Crippen LogP contribution >= 0.6 is 23.2 Å². The maximum atomic E-state index is 14.3. The molecule has 2 rings (SSSR count). The number of nitrogens with zero attached hydrogens (tertiary/aromatic N) is 3. The van der Waals surface area contributed by atoms with Crippen LogP contribution in [0, 0.1) is 5.82 Å². The first kappa shape index (κ1) is 21.0. The van der Waals surface area contributed by atoms with Gasteiger partial charge in [-0.2, -0.15) is 4.98 Å². The third-order valence-electron chi connectivity index (χ3n) is 3.55. The van der Waals surface area contributed by atoms with Gasteiger partial charge in [0.15, 0.2) is 11.6 Å². The summed E-state index contributed by atoms with van der Waals surface area (Å²) >= 11 is 11.7. The molecule has 0 saturated heterocycles. The number of hydrogen-bond acceptors (Lipinski definition) is 5. The van der Waals surface area contributed by atoms with Gasteiger partial charge in [-0.3, -0.25) is 0 Å². The number of rotatable bonds is 6. The molecule has 146 valence electrons. The highest BCUT2D eigenvalue weighted by atomic mass is 35.5. The average molecular weight is 417 g/mol. The molecule has 1 amide bonds. The Morgan fingerprint density at radius 1 is 1.37 bits per heavy atom. The Morgan fingerprint density at radius 3 is 2.70 bits per heavy atom. The highest BCUT2D eigenvalue weighted by Gasteiger charge is 2.26. The average Bonchev–Trinajstić information content (AvgIpc) is 2.56. The molecule has 2 N–H and O–H groups in total. The fourth-order valence-corrected chi connectivity index (χ4v) is 2.53. The smallest absolute Gasteiger partial charge is 0.407 e. The summed E-state index contributed by atoms with van der Waals surface area (Å²) in [6.07, 6.45) is 0.223. The number of carboxylic acid groups (broad SMARTS) is 1. The largest absolute Gasteiger partial charge is 0.489 e. The lowest BCUT2D eigenvalue weighted by Gasteiger charge is -2.33. The normalized spacial score (nSPS) is 11.2. The molecule has 1 heterocycles. The van der Waals surface area contributed by atoms with Gasteiger partial charge in [0, 0.05) is 5.54 Å². The van der Waals surface area contributed by atoms with Crippen LogP contribution in [0.1, 0.15) is 20.8 Å². The number of halogens is 3. The molecule has 10 heteroatoms. The van der Waals surface area contributed by atoms with Crippen molar-refractivity contribution in [2.24, 2.45) is 0 Å². The summed E-state index contributed by atoms with van der Waals surface area (Å²) in [5.74, 6) is -0.294. The van der Waals surface area contributed by atoms with E-state index < -0.39 is 17.4 Å². The minimum atomic E-state index is -1.06. The van der Waals surface area contributed by atoms with Gasteiger partial charge in [-0.1, -0.05) is 17.7 Å². The van der Waals surface area contributed by atoms with E-state index >= 15 is 0 Å². The number of nitrogens with one attached hydrogen (secondary N) is 1. The van der Waals surface area contributed by atoms with Crippen molar-refractivity contribution in [2.75, 3.05) is 18.5 Å². The molecule has 0 spiro atoms.